The van der Waals surface area contributed by atoms with Crippen molar-refractivity contribution < 1.29 is 0 Å². The summed E-state index contributed by atoms with van der Waals surface area (Å²) >= 11 is 0. The maximum Gasteiger partial charge on any atom is -0.0443 e. The molecule has 0 amide bonds. The standard InChI is InChI=1S/C27H56/c1-5-7-8-9-10-11-12-13-14-15-16-17-18-20-24-27(4)25-22-19-21-23-26(3)6-2/h26-27H,5-25H2,1-4H3. The number of rotatable bonds is 22. The van der Waals surface area contributed by atoms with Crippen molar-refractivity contribution in [3.63, 3.8) is 0 Å². The zero-order valence-electron chi connectivity index (χ0n) is 20.0. The fraction of sp³-hybridized carbons (Fsp3) is 1.00. The van der Waals surface area contributed by atoms with Gasteiger partial charge in [-0.3, -0.25) is 0 Å². The van der Waals surface area contributed by atoms with Crippen LogP contribution in [-0.4, -0.2) is 0 Å². The minimum Gasteiger partial charge on any atom is -0.0654 e. The molecular formula is C27H56. The van der Waals surface area contributed by atoms with E-state index in [4.69, 9.17) is 0 Å². The van der Waals surface area contributed by atoms with Crippen LogP contribution in [0.4, 0.5) is 0 Å². The lowest BCUT2D eigenvalue weighted by molar-refractivity contribution is 0.418. The Balaban J connectivity index is 3.14. The summed E-state index contributed by atoms with van der Waals surface area (Å²) in [4.78, 5) is 0. The summed E-state index contributed by atoms with van der Waals surface area (Å²) in [6, 6.07) is 0. The van der Waals surface area contributed by atoms with E-state index in [0.29, 0.717) is 0 Å². The fourth-order valence-corrected chi connectivity index (χ4v) is 4.20. The first-order valence-electron chi connectivity index (χ1n) is 13.2. The molecule has 27 heavy (non-hydrogen) atoms. The molecule has 0 saturated carbocycles. The number of hydrogen-bond acceptors (Lipinski definition) is 0. The maximum absolute atomic E-state index is 2.48. The van der Waals surface area contributed by atoms with Crippen LogP contribution < -0.4 is 0 Å². The Morgan fingerprint density at radius 2 is 0.667 bits per heavy atom. The summed E-state index contributed by atoms with van der Waals surface area (Å²) in [5.74, 6) is 1.91. The van der Waals surface area contributed by atoms with Gasteiger partial charge < -0.3 is 0 Å². The minimum absolute atomic E-state index is 0.943. The molecule has 0 aliphatic rings. The van der Waals surface area contributed by atoms with Crippen LogP contribution in [0.25, 0.3) is 0 Å². The predicted octanol–water partition coefficient (Wildman–Crippen LogP) is 10.5. The second kappa shape index (κ2) is 22.3. The van der Waals surface area contributed by atoms with E-state index >= 15 is 0 Å². The van der Waals surface area contributed by atoms with Crippen molar-refractivity contribution in [2.75, 3.05) is 0 Å². The van der Waals surface area contributed by atoms with Crippen molar-refractivity contribution >= 4 is 0 Å². The van der Waals surface area contributed by atoms with Gasteiger partial charge in [-0.2, -0.15) is 0 Å². The molecule has 0 aliphatic carbocycles. The molecule has 0 radical (unpaired) electrons. The maximum atomic E-state index is 2.48. The summed E-state index contributed by atoms with van der Waals surface area (Å²) < 4.78 is 0. The minimum atomic E-state index is 0.943. The monoisotopic (exact) mass is 380 g/mol. The molecule has 0 N–H and O–H groups in total. The summed E-state index contributed by atoms with van der Waals surface area (Å²) in [6.07, 6.45) is 30.8. The van der Waals surface area contributed by atoms with Crippen LogP contribution in [0.15, 0.2) is 0 Å². The highest BCUT2D eigenvalue weighted by atomic mass is 14.1. The molecule has 0 heteroatoms. The van der Waals surface area contributed by atoms with Crippen molar-refractivity contribution in [1.82, 2.24) is 0 Å². The second-order valence-electron chi connectivity index (χ2n) is 9.64. The first kappa shape index (κ1) is 27.0. The highest BCUT2D eigenvalue weighted by Gasteiger charge is 2.03. The van der Waals surface area contributed by atoms with Crippen molar-refractivity contribution in [1.29, 1.82) is 0 Å². The first-order valence-corrected chi connectivity index (χ1v) is 13.2. The first-order chi connectivity index (χ1) is 13.2. The molecule has 164 valence electrons. The Morgan fingerprint density at radius 1 is 0.370 bits per heavy atom. The quantitative estimate of drug-likeness (QED) is 0.164. The Labute approximate surface area is 174 Å². The predicted molar refractivity (Wildman–Crippen MR) is 127 cm³/mol. The van der Waals surface area contributed by atoms with Gasteiger partial charge in [-0.15, -0.1) is 0 Å². The normalized spacial score (nSPS) is 13.8. The van der Waals surface area contributed by atoms with Gasteiger partial charge in [-0.1, -0.05) is 163 Å². The van der Waals surface area contributed by atoms with Crippen molar-refractivity contribution in [2.24, 2.45) is 11.8 Å². The lowest BCUT2D eigenvalue weighted by Crippen LogP contribution is -1.96. The SMILES string of the molecule is CCCCCCCCCCCCCCCCC(C)CCCCCC(C)CC. The van der Waals surface area contributed by atoms with Crippen LogP contribution in [0.5, 0.6) is 0 Å². The molecule has 2 atom stereocenters. The van der Waals surface area contributed by atoms with Gasteiger partial charge in [-0.25, -0.2) is 0 Å². The molecular weight excluding hydrogens is 324 g/mol. The molecule has 0 aliphatic heterocycles. The van der Waals surface area contributed by atoms with E-state index in [-0.39, 0.29) is 0 Å². The Kier molecular flexibility index (Phi) is 22.3. The zero-order valence-corrected chi connectivity index (χ0v) is 20.0. The average Bonchev–Trinajstić information content (AvgIpc) is 2.67. The topological polar surface area (TPSA) is 0 Å². The van der Waals surface area contributed by atoms with Crippen LogP contribution in [0, 0.1) is 11.8 Å². The lowest BCUT2D eigenvalue weighted by atomic mass is 9.94. The van der Waals surface area contributed by atoms with E-state index in [1.165, 1.54) is 135 Å². The van der Waals surface area contributed by atoms with Crippen LogP contribution >= 0.6 is 0 Å². The Bertz CT molecular complexity index is 257. The lowest BCUT2D eigenvalue weighted by Gasteiger charge is -2.12. The van der Waals surface area contributed by atoms with Gasteiger partial charge in [0, 0.05) is 0 Å². The van der Waals surface area contributed by atoms with Crippen molar-refractivity contribution in [2.45, 2.75) is 163 Å². The highest BCUT2D eigenvalue weighted by molar-refractivity contribution is 4.57. The van der Waals surface area contributed by atoms with Crippen LogP contribution in [0.3, 0.4) is 0 Å². The van der Waals surface area contributed by atoms with Crippen LogP contribution in [0.2, 0.25) is 0 Å². The molecule has 0 saturated heterocycles. The summed E-state index contributed by atoms with van der Waals surface area (Å²) in [6.45, 7) is 9.51. The molecule has 2 unspecified atom stereocenters. The van der Waals surface area contributed by atoms with Crippen LogP contribution in [0.1, 0.15) is 163 Å². The van der Waals surface area contributed by atoms with E-state index in [1.807, 2.05) is 0 Å². The summed E-state index contributed by atoms with van der Waals surface area (Å²) in [5, 5.41) is 0. The Hall–Kier alpha value is 0. The molecule has 0 aromatic carbocycles. The zero-order chi connectivity index (χ0) is 20.0. The average molecular weight is 381 g/mol. The van der Waals surface area contributed by atoms with Gasteiger partial charge in [0.1, 0.15) is 0 Å². The molecule has 0 aromatic rings. The third kappa shape index (κ3) is 22.2. The van der Waals surface area contributed by atoms with Gasteiger partial charge in [0.15, 0.2) is 0 Å². The van der Waals surface area contributed by atoms with Gasteiger partial charge >= 0.3 is 0 Å². The molecule has 0 fully saturated rings. The van der Waals surface area contributed by atoms with Gasteiger partial charge in [0.05, 0.1) is 0 Å². The Morgan fingerprint density at radius 3 is 1.04 bits per heavy atom. The largest absolute Gasteiger partial charge is 0.0654 e. The van der Waals surface area contributed by atoms with Crippen molar-refractivity contribution in [3.8, 4) is 0 Å². The summed E-state index contributed by atoms with van der Waals surface area (Å²) in [7, 11) is 0. The van der Waals surface area contributed by atoms with E-state index in [9.17, 15) is 0 Å². The highest BCUT2D eigenvalue weighted by Crippen LogP contribution is 2.20. The van der Waals surface area contributed by atoms with E-state index < -0.39 is 0 Å². The number of hydrogen-bond donors (Lipinski definition) is 0. The van der Waals surface area contributed by atoms with Gasteiger partial charge in [-0.05, 0) is 11.8 Å². The van der Waals surface area contributed by atoms with Gasteiger partial charge in [0.2, 0.25) is 0 Å². The summed E-state index contributed by atoms with van der Waals surface area (Å²) in [5.41, 5.74) is 0. The molecule has 0 bridgehead atoms. The molecule has 0 heterocycles. The second-order valence-corrected chi connectivity index (χ2v) is 9.64. The third-order valence-corrected chi connectivity index (χ3v) is 6.64. The third-order valence-electron chi connectivity index (χ3n) is 6.64. The smallest absolute Gasteiger partial charge is 0.0443 e. The van der Waals surface area contributed by atoms with E-state index in [1.54, 1.807) is 0 Å². The van der Waals surface area contributed by atoms with E-state index in [0.717, 1.165) is 11.8 Å². The number of unbranched alkanes of at least 4 members (excludes halogenated alkanes) is 15. The van der Waals surface area contributed by atoms with E-state index in [2.05, 4.69) is 27.7 Å². The molecule has 0 aromatic heterocycles. The molecule has 0 rings (SSSR count). The van der Waals surface area contributed by atoms with Crippen LogP contribution in [-0.2, 0) is 0 Å². The van der Waals surface area contributed by atoms with Crippen molar-refractivity contribution in [3.05, 3.63) is 0 Å². The van der Waals surface area contributed by atoms with Gasteiger partial charge in [0.25, 0.3) is 0 Å². The fourth-order valence-electron chi connectivity index (χ4n) is 4.20. The molecule has 0 nitrogen and oxygen atoms in total. The molecule has 0 spiro atoms.